The van der Waals surface area contributed by atoms with Crippen LogP contribution >= 0.6 is 0 Å². The van der Waals surface area contributed by atoms with Crippen LogP contribution in [0.15, 0.2) is 18.3 Å². The minimum Gasteiger partial charge on any atom is -0.444 e. The Morgan fingerprint density at radius 3 is 2.74 bits per heavy atom. The number of pyridine rings is 1. The van der Waals surface area contributed by atoms with Gasteiger partial charge in [-0.1, -0.05) is 0 Å². The van der Waals surface area contributed by atoms with Crippen molar-refractivity contribution in [3.8, 4) is 0 Å². The van der Waals surface area contributed by atoms with Gasteiger partial charge in [0.1, 0.15) is 11.4 Å². The molecule has 0 saturated carbocycles. The zero-order chi connectivity index (χ0) is 17.0. The summed E-state index contributed by atoms with van der Waals surface area (Å²) >= 11 is 0. The predicted octanol–water partition coefficient (Wildman–Crippen LogP) is 1.89. The Labute approximate surface area is 134 Å². The quantitative estimate of drug-likeness (QED) is 0.897. The molecule has 0 spiro atoms. The molecule has 8 heteroatoms. The van der Waals surface area contributed by atoms with Gasteiger partial charge in [-0.3, -0.25) is 4.79 Å². The minimum absolute atomic E-state index is 0.146. The number of anilines is 1. The van der Waals surface area contributed by atoms with Crippen molar-refractivity contribution in [3.63, 3.8) is 0 Å². The number of fused-ring (bicyclic) bond motifs is 1. The Morgan fingerprint density at radius 2 is 2.04 bits per heavy atom. The summed E-state index contributed by atoms with van der Waals surface area (Å²) in [6, 6.07) is 3.53. The molecule has 0 bridgehead atoms. The smallest absolute Gasteiger partial charge is 0.407 e. The van der Waals surface area contributed by atoms with E-state index < -0.39 is 11.7 Å². The average Bonchev–Trinajstić information content (AvgIpc) is 2.75. The van der Waals surface area contributed by atoms with E-state index in [9.17, 15) is 9.59 Å². The van der Waals surface area contributed by atoms with Crippen molar-refractivity contribution in [2.75, 3.05) is 11.9 Å². The summed E-state index contributed by atoms with van der Waals surface area (Å²) in [6.45, 7) is 7.34. The number of carbonyl (C=O) groups excluding carboxylic acids is 2. The number of ether oxygens (including phenoxy) is 1. The second kappa shape index (κ2) is 6.64. The topological polar surface area (TPSA) is 97.6 Å². The first-order chi connectivity index (χ1) is 10.7. The van der Waals surface area contributed by atoms with Gasteiger partial charge in [0.2, 0.25) is 5.91 Å². The van der Waals surface area contributed by atoms with Crippen LogP contribution in [-0.2, 0) is 9.53 Å². The molecule has 0 saturated heterocycles. The highest BCUT2D eigenvalue weighted by atomic mass is 16.6. The number of aromatic nitrogens is 3. The number of nitrogens with one attached hydrogen (secondary N) is 2. The Balaban J connectivity index is 1.80. The number of aryl methyl sites for hydroxylation is 1. The molecule has 2 heterocycles. The van der Waals surface area contributed by atoms with Crippen LogP contribution in [0.3, 0.4) is 0 Å². The number of hydrogen-bond donors (Lipinski definition) is 2. The second-order valence-corrected chi connectivity index (χ2v) is 6.11. The fourth-order valence-corrected chi connectivity index (χ4v) is 1.88. The molecule has 0 radical (unpaired) electrons. The summed E-state index contributed by atoms with van der Waals surface area (Å²) in [6.07, 6.45) is 1.30. The van der Waals surface area contributed by atoms with Crippen LogP contribution in [0.4, 0.5) is 10.5 Å². The van der Waals surface area contributed by atoms with Gasteiger partial charge in [-0.05, 0) is 39.8 Å². The molecule has 0 aliphatic carbocycles. The fourth-order valence-electron chi connectivity index (χ4n) is 1.88. The van der Waals surface area contributed by atoms with Gasteiger partial charge in [0.15, 0.2) is 5.65 Å². The lowest BCUT2D eigenvalue weighted by Gasteiger charge is -2.19. The summed E-state index contributed by atoms with van der Waals surface area (Å²) in [5.74, 6) is 0.451. The Hall–Kier alpha value is -2.64. The first-order valence-corrected chi connectivity index (χ1v) is 7.33. The molecule has 2 aromatic heterocycles. The third kappa shape index (κ3) is 5.24. The van der Waals surface area contributed by atoms with E-state index in [0.717, 1.165) is 0 Å². The molecule has 0 unspecified atom stereocenters. The highest BCUT2D eigenvalue weighted by Crippen LogP contribution is 2.10. The Kier molecular flexibility index (Phi) is 4.83. The number of rotatable bonds is 4. The molecule has 0 fully saturated rings. The van der Waals surface area contributed by atoms with Gasteiger partial charge in [-0.15, -0.1) is 0 Å². The summed E-state index contributed by atoms with van der Waals surface area (Å²) < 4.78 is 6.69. The summed E-state index contributed by atoms with van der Waals surface area (Å²) in [7, 11) is 0. The van der Waals surface area contributed by atoms with Crippen LogP contribution in [0.1, 0.15) is 33.0 Å². The molecule has 0 atom stereocenters. The van der Waals surface area contributed by atoms with E-state index in [1.165, 1.54) is 0 Å². The summed E-state index contributed by atoms with van der Waals surface area (Å²) in [5.41, 5.74) is 0.772. The van der Waals surface area contributed by atoms with Crippen molar-refractivity contribution in [1.29, 1.82) is 0 Å². The van der Waals surface area contributed by atoms with Gasteiger partial charge in [0.25, 0.3) is 0 Å². The molecule has 0 aliphatic heterocycles. The van der Waals surface area contributed by atoms with Crippen LogP contribution in [0, 0.1) is 6.92 Å². The molecule has 2 amide bonds. The maximum Gasteiger partial charge on any atom is 0.407 e. The van der Waals surface area contributed by atoms with Crippen LogP contribution in [0.2, 0.25) is 0 Å². The molecule has 23 heavy (non-hydrogen) atoms. The van der Waals surface area contributed by atoms with Crippen LogP contribution < -0.4 is 10.6 Å². The monoisotopic (exact) mass is 319 g/mol. The lowest BCUT2D eigenvalue weighted by atomic mass is 10.2. The van der Waals surface area contributed by atoms with Gasteiger partial charge in [-0.2, -0.15) is 5.10 Å². The molecule has 8 nitrogen and oxygen atoms in total. The van der Waals surface area contributed by atoms with Gasteiger partial charge < -0.3 is 15.4 Å². The Bertz CT molecular complexity index is 717. The number of amides is 2. The maximum atomic E-state index is 11.9. The normalized spacial score (nSPS) is 11.3. The van der Waals surface area contributed by atoms with Crippen molar-refractivity contribution < 1.29 is 14.3 Å². The van der Waals surface area contributed by atoms with Crippen LogP contribution in [0.25, 0.3) is 5.65 Å². The molecular weight excluding hydrogens is 298 g/mol. The van der Waals surface area contributed by atoms with E-state index in [0.29, 0.717) is 17.2 Å². The highest BCUT2D eigenvalue weighted by molar-refractivity contribution is 5.91. The third-order valence-corrected chi connectivity index (χ3v) is 2.74. The molecule has 0 aliphatic rings. The molecule has 0 aromatic carbocycles. The summed E-state index contributed by atoms with van der Waals surface area (Å²) in [5, 5.41) is 9.47. The third-order valence-electron chi connectivity index (χ3n) is 2.74. The van der Waals surface area contributed by atoms with Crippen LogP contribution in [-0.4, -0.2) is 38.7 Å². The fraction of sp³-hybridized carbons (Fsp3) is 0.467. The zero-order valence-corrected chi connectivity index (χ0v) is 13.7. The van der Waals surface area contributed by atoms with Gasteiger partial charge in [-0.25, -0.2) is 14.3 Å². The summed E-state index contributed by atoms with van der Waals surface area (Å²) in [4.78, 5) is 27.5. The maximum absolute atomic E-state index is 11.9. The number of hydrogen-bond acceptors (Lipinski definition) is 5. The van der Waals surface area contributed by atoms with Crippen LogP contribution in [0.5, 0.6) is 0 Å². The van der Waals surface area contributed by atoms with E-state index in [4.69, 9.17) is 4.74 Å². The first kappa shape index (κ1) is 16.7. The van der Waals surface area contributed by atoms with Crippen molar-refractivity contribution in [3.05, 3.63) is 24.2 Å². The first-order valence-electron chi connectivity index (χ1n) is 7.33. The van der Waals surface area contributed by atoms with E-state index >= 15 is 0 Å². The zero-order valence-electron chi connectivity index (χ0n) is 13.7. The average molecular weight is 319 g/mol. The molecule has 2 rings (SSSR count). The van der Waals surface area contributed by atoms with Crippen molar-refractivity contribution >= 4 is 23.3 Å². The van der Waals surface area contributed by atoms with E-state index in [1.54, 1.807) is 50.5 Å². The van der Waals surface area contributed by atoms with Gasteiger partial charge in [0, 0.05) is 13.0 Å². The van der Waals surface area contributed by atoms with E-state index in [1.807, 2.05) is 0 Å². The highest BCUT2D eigenvalue weighted by Gasteiger charge is 2.15. The molecule has 2 aromatic rings. The van der Waals surface area contributed by atoms with Gasteiger partial charge >= 0.3 is 6.09 Å². The number of nitrogens with zero attached hydrogens (tertiary/aromatic N) is 3. The SMILES string of the molecule is Cc1nc2ccc(NC(=O)CCNC(=O)OC(C)(C)C)cn2n1. The molecule has 124 valence electrons. The largest absolute Gasteiger partial charge is 0.444 e. The molecular formula is C15H21N5O3. The molecule has 2 N–H and O–H groups in total. The number of carbonyl (C=O) groups is 2. The lowest BCUT2D eigenvalue weighted by molar-refractivity contribution is -0.116. The van der Waals surface area contributed by atoms with Crippen molar-refractivity contribution in [1.82, 2.24) is 19.9 Å². The van der Waals surface area contributed by atoms with Crippen molar-refractivity contribution in [2.45, 2.75) is 39.7 Å². The van der Waals surface area contributed by atoms with E-state index in [2.05, 4.69) is 20.7 Å². The van der Waals surface area contributed by atoms with Gasteiger partial charge in [0.05, 0.1) is 11.9 Å². The lowest BCUT2D eigenvalue weighted by Crippen LogP contribution is -2.34. The second-order valence-electron chi connectivity index (χ2n) is 6.11. The standard InChI is InChI=1S/C15H21N5O3/c1-10-17-12-6-5-11(9-20(12)19-10)18-13(21)7-8-16-14(22)23-15(2,3)4/h5-6,9H,7-8H2,1-4H3,(H,16,22)(H,18,21). The number of alkyl carbamates (subject to hydrolysis) is 1. The Morgan fingerprint density at radius 1 is 1.30 bits per heavy atom. The predicted molar refractivity (Wildman–Crippen MR) is 85.2 cm³/mol. The minimum atomic E-state index is -0.558. The van der Waals surface area contributed by atoms with E-state index in [-0.39, 0.29) is 18.9 Å². The van der Waals surface area contributed by atoms with Crippen molar-refractivity contribution in [2.24, 2.45) is 0 Å².